The number of benzene rings is 1. The number of sulfonamides is 1. The SMILES string of the molecule is NC(=O)c1c(NS(=O)(=O)c2ccc([N+](=O)[O-])cc2)sc2c1CCC2. The third-order valence-corrected chi connectivity index (χ3v) is 6.45. The zero-order chi connectivity index (χ0) is 17.5. The molecular weight excluding hydrogens is 354 g/mol. The number of aryl methyl sites for hydroxylation is 1. The number of fused-ring (bicyclic) bond motifs is 1. The van der Waals surface area contributed by atoms with Gasteiger partial charge in [-0.2, -0.15) is 0 Å². The molecule has 0 radical (unpaired) electrons. The van der Waals surface area contributed by atoms with Gasteiger partial charge in [0, 0.05) is 17.0 Å². The van der Waals surface area contributed by atoms with E-state index in [0.717, 1.165) is 47.5 Å². The number of nitrogens with one attached hydrogen (secondary N) is 1. The Morgan fingerprint density at radius 2 is 1.92 bits per heavy atom. The standard InChI is InChI=1S/C14H13N3O5S2/c15-13(18)12-10-2-1-3-11(10)23-14(12)16-24(21,22)9-6-4-8(5-7-9)17(19)20/h4-7,16H,1-3H2,(H2,15,18). The second-order valence-corrected chi connectivity index (χ2v) is 8.07. The molecule has 1 heterocycles. The van der Waals surface area contributed by atoms with Gasteiger partial charge in [0.25, 0.3) is 21.6 Å². The summed E-state index contributed by atoms with van der Waals surface area (Å²) >= 11 is 1.21. The van der Waals surface area contributed by atoms with Gasteiger partial charge >= 0.3 is 0 Å². The van der Waals surface area contributed by atoms with Crippen molar-refractivity contribution in [3.8, 4) is 0 Å². The van der Waals surface area contributed by atoms with E-state index >= 15 is 0 Å². The number of rotatable bonds is 5. The lowest BCUT2D eigenvalue weighted by Crippen LogP contribution is -2.18. The van der Waals surface area contributed by atoms with Crippen molar-refractivity contribution < 1.29 is 18.1 Å². The van der Waals surface area contributed by atoms with E-state index in [4.69, 9.17) is 5.73 Å². The number of hydrogen-bond donors (Lipinski definition) is 2. The van der Waals surface area contributed by atoms with Crippen molar-refractivity contribution in [2.75, 3.05) is 4.72 Å². The predicted molar refractivity (Wildman–Crippen MR) is 88.8 cm³/mol. The van der Waals surface area contributed by atoms with E-state index in [9.17, 15) is 23.3 Å². The number of carbonyl (C=O) groups excluding carboxylic acids is 1. The number of nitrogens with two attached hydrogens (primary N) is 1. The van der Waals surface area contributed by atoms with Crippen molar-refractivity contribution in [1.29, 1.82) is 0 Å². The van der Waals surface area contributed by atoms with Crippen LogP contribution in [0, 0.1) is 10.1 Å². The lowest BCUT2D eigenvalue weighted by Gasteiger charge is -2.08. The zero-order valence-electron chi connectivity index (χ0n) is 12.3. The van der Waals surface area contributed by atoms with Gasteiger partial charge in [0.1, 0.15) is 5.00 Å². The summed E-state index contributed by atoms with van der Waals surface area (Å²) in [6, 6.07) is 4.51. The fourth-order valence-electron chi connectivity index (χ4n) is 2.66. The predicted octanol–water partition coefficient (Wildman–Crippen LogP) is 2.04. The van der Waals surface area contributed by atoms with E-state index in [1.165, 1.54) is 11.3 Å². The van der Waals surface area contributed by atoms with Crippen molar-refractivity contribution in [3.05, 3.63) is 50.4 Å². The molecule has 2 aromatic rings. The van der Waals surface area contributed by atoms with Gasteiger partial charge < -0.3 is 5.73 Å². The number of primary amides is 1. The molecule has 3 rings (SSSR count). The Morgan fingerprint density at radius 1 is 1.25 bits per heavy atom. The highest BCUT2D eigenvalue weighted by Crippen LogP contribution is 2.39. The quantitative estimate of drug-likeness (QED) is 0.616. The highest BCUT2D eigenvalue weighted by molar-refractivity contribution is 7.93. The summed E-state index contributed by atoms with van der Waals surface area (Å²) in [7, 11) is -3.97. The normalized spacial score (nSPS) is 13.5. The molecule has 0 aliphatic heterocycles. The smallest absolute Gasteiger partial charge is 0.269 e. The van der Waals surface area contributed by atoms with Crippen LogP contribution in [-0.4, -0.2) is 19.2 Å². The molecular formula is C14H13N3O5S2. The van der Waals surface area contributed by atoms with Crippen LogP contribution in [0.4, 0.5) is 10.7 Å². The minimum atomic E-state index is -3.97. The summed E-state index contributed by atoms with van der Waals surface area (Å²) in [5.41, 5.74) is 6.23. The van der Waals surface area contributed by atoms with Gasteiger partial charge in [-0.05, 0) is 37.0 Å². The fraction of sp³-hybridized carbons (Fsp3) is 0.214. The van der Waals surface area contributed by atoms with E-state index < -0.39 is 20.9 Å². The lowest BCUT2D eigenvalue weighted by atomic mass is 10.1. The summed E-state index contributed by atoms with van der Waals surface area (Å²) in [6.45, 7) is 0. The molecule has 1 aliphatic carbocycles. The molecule has 0 unspecified atom stereocenters. The van der Waals surface area contributed by atoms with Gasteiger partial charge in [-0.15, -0.1) is 11.3 Å². The number of thiophene rings is 1. The molecule has 8 nitrogen and oxygen atoms in total. The van der Waals surface area contributed by atoms with Crippen LogP contribution in [-0.2, 0) is 22.9 Å². The first-order valence-electron chi connectivity index (χ1n) is 7.01. The highest BCUT2D eigenvalue weighted by Gasteiger charge is 2.28. The molecule has 3 N–H and O–H groups in total. The van der Waals surface area contributed by atoms with Crippen LogP contribution in [0.2, 0.25) is 0 Å². The molecule has 0 spiro atoms. The Labute approximate surface area is 141 Å². The molecule has 0 saturated heterocycles. The molecule has 24 heavy (non-hydrogen) atoms. The third kappa shape index (κ3) is 2.85. The molecule has 126 valence electrons. The van der Waals surface area contributed by atoms with E-state index in [1.54, 1.807) is 0 Å². The molecule has 0 bridgehead atoms. The summed E-state index contributed by atoms with van der Waals surface area (Å²) in [4.78, 5) is 22.6. The van der Waals surface area contributed by atoms with Crippen LogP contribution in [0.25, 0.3) is 0 Å². The van der Waals surface area contributed by atoms with Gasteiger partial charge in [-0.25, -0.2) is 8.42 Å². The lowest BCUT2D eigenvalue weighted by molar-refractivity contribution is -0.384. The number of carbonyl (C=O) groups is 1. The first kappa shape index (κ1) is 16.4. The Bertz CT molecular complexity index is 932. The monoisotopic (exact) mass is 367 g/mol. The van der Waals surface area contributed by atoms with Gasteiger partial charge in [-0.1, -0.05) is 0 Å². The molecule has 0 atom stereocenters. The maximum Gasteiger partial charge on any atom is 0.269 e. The number of hydrogen-bond acceptors (Lipinski definition) is 6. The van der Waals surface area contributed by atoms with Crippen molar-refractivity contribution >= 4 is 38.0 Å². The molecule has 1 aromatic heterocycles. The van der Waals surface area contributed by atoms with Crippen LogP contribution in [0.1, 0.15) is 27.2 Å². The minimum absolute atomic E-state index is 0.128. The first-order valence-corrected chi connectivity index (χ1v) is 9.31. The second kappa shape index (κ2) is 5.87. The van der Waals surface area contributed by atoms with Crippen molar-refractivity contribution in [2.45, 2.75) is 24.2 Å². The highest BCUT2D eigenvalue weighted by atomic mass is 32.2. The average molecular weight is 367 g/mol. The van der Waals surface area contributed by atoms with Gasteiger partial charge in [0.05, 0.1) is 15.4 Å². The van der Waals surface area contributed by atoms with Gasteiger partial charge in [0.2, 0.25) is 0 Å². The summed E-state index contributed by atoms with van der Waals surface area (Å²) in [5, 5.41) is 10.8. The summed E-state index contributed by atoms with van der Waals surface area (Å²) < 4.78 is 27.3. The van der Waals surface area contributed by atoms with Gasteiger partial charge in [-0.3, -0.25) is 19.6 Å². The number of anilines is 1. The molecule has 0 saturated carbocycles. The number of amides is 1. The Balaban J connectivity index is 1.95. The maximum absolute atomic E-state index is 12.5. The molecule has 1 aliphatic rings. The largest absolute Gasteiger partial charge is 0.365 e. The van der Waals surface area contributed by atoms with Crippen LogP contribution < -0.4 is 10.5 Å². The molecule has 1 amide bonds. The van der Waals surface area contributed by atoms with Gasteiger partial charge in [0.15, 0.2) is 0 Å². The van der Waals surface area contributed by atoms with Crippen LogP contribution in [0.5, 0.6) is 0 Å². The molecule has 0 fully saturated rings. The average Bonchev–Trinajstić information content (AvgIpc) is 3.06. The number of nitro benzene ring substituents is 1. The second-order valence-electron chi connectivity index (χ2n) is 5.28. The number of nitrogens with zero attached hydrogens (tertiary/aromatic N) is 1. The molecule has 1 aromatic carbocycles. The van der Waals surface area contributed by atoms with E-state index in [2.05, 4.69) is 4.72 Å². The minimum Gasteiger partial charge on any atom is -0.365 e. The van der Waals surface area contributed by atoms with Crippen molar-refractivity contribution in [2.24, 2.45) is 5.73 Å². The molecule has 10 heteroatoms. The van der Waals surface area contributed by atoms with E-state index in [0.29, 0.717) is 6.42 Å². The Morgan fingerprint density at radius 3 is 2.50 bits per heavy atom. The number of non-ortho nitro benzene ring substituents is 1. The van der Waals surface area contributed by atoms with Crippen LogP contribution in [0.3, 0.4) is 0 Å². The fourth-order valence-corrected chi connectivity index (χ4v) is 5.26. The zero-order valence-corrected chi connectivity index (χ0v) is 13.9. The van der Waals surface area contributed by atoms with Crippen molar-refractivity contribution in [1.82, 2.24) is 0 Å². The van der Waals surface area contributed by atoms with E-state index in [-0.39, 0.29) is 21.1 Å². The van der Waals surface area contributed by atoms with Crippen LogP contribution in [0.15, 0.2) is 29.2 Å². The topological polar surface area (TPSA) is 132 Å². The third-order valence-electron chi connectivity index (χ3n) is 3.75. The first-order chi connectivity index (χ1) is 11.3. The summed E-state index contributed by atoms with van der Waals surface area (Å²) in [6.07, 6.45) is 2.40. The van der Waals surface area contributed by atoms with E-state index in [1.807, 2.05) is 0 Å². The maximum atomic E-state index is 12.5. The summed E-state index contributed by atoms with van der Waals surface area (Å²) in [5.74, 6) is -0.671. The Hall–Kier alpha value is -2.46. The Kier molecular flexibility index (Phi) is 4.01. The van der Waals surface area contributed by atoms with Crippen molar-refractivity contribution in [3.63, 3.8) is 0 Å². The number of nitro groups is 1. The van der Waals surface area contributed by atoms with Crippen LogP contribution >= 0.6 is 11.3 Å².